The Morgan fingerprint density at radius 1 is 1.43 bits per heavy atom. The minimum Gasteiger partial charge on any atom is -0.496 e. The van der Waals surface area contributed by atoms with Crippen molar-refractivity contribution < 1.29 is 24.4 Å². The van der Waals surface area contributed by atoms with Crippen molar-refractivity contribution in [3.05, 3.63) is 33.9 Å². The molecule has 0 spiro atoms. The lowest BCUT2D eigenvalue weighted by molar-refractivity contribution is -0.385. The number of carboxylic acid groups (broad SMARTS) is 1. The van der Waals surface area contributed by atoms with E-state index in [4.69, 9.17) is 4.74 Å². The molecule has 1 aliphatic rings. The van der Waals surface area contributed by atoms with Gasteiger partial charge in [-0.15, -0.1) is 0 Å². The van der Waals surface area contributed by atoms with Crippen LogP contribution in [0.25, 0.3) is 0 Å². The monoisotopic (exact) mass is 294 g/mol. The molecule has 112 valence electrons. The Bertz CT molecular complexity index is 609. The summed E-state index contributed by atoms with van der Waals surface area (Å²) in [6.07, 6.45) is 1.29. The molecule has 1 aromatic carbocycles. The maximum absolute atomic E-state index is 12.3. The van der Waals surface area contributed by atoms with Crippen molar-refractivity contribution in [2.45, 2.75) is 24.8 Å². The molecule has 0 radical (unpaired) electrons. The first-order chi connectivity index (χ1) is 9.91. The quantitative estimate of drug-likeness (QED) is 0.624. The Hall–Kier alpha value is -2.64. The summed E-state index contributed by atoms with van der Waals surface area (Å²) >= 11 is 0. The Balaban J connectivity index is 2.39. The number of hydrogen-bond donors (Lipinski definition) is 2. The third-order valence-electron chi connectivity index (χ3n) is 3.62. The zero-order chi connectivity index (χ0) is 15.6. The lowest BCUT2D eigenvalue weighted by Crippen LogP contribution is -2.59. The van der Waals surface area contributed by atoms with E-state index >= 15 is 0 Å². The molecule has 0 bridgehead atoms. The van der Waals surface area contributed by atoms with Crippen molar-refractivity contribution in [3.63, 3.8) is 0 Å². The third kappa shape index (κ3) is 2.51. The Labute approximate surface area is 119 Å². The molecule has 0 unspecified atom stereocenters. The van der Waals surface area contributed by atoms with Crippen LogP contribution in [0.4, 0.5) is 5.69 Å². The summed E-state index contributed by atoms with van der Waals surface area (Å²) in [4.78, 5) is 33.9. The number of carbonyl (C=O) groups excluding carboxylic acids is 1. The van der Waals surface area contributed by atoms with Crippen LogP contribution in [0, 0.1) is 10.1 Å². The van der Waals surface area contributed by atoms with Crippen LogP contribution in [0.5, 0.6) is 5.75 Å². The average molecular weight is 294 g/mol. The van der Waals surface area contributed by atoms with E-state index in [0.717, 1.165) is 0 Å². The van der Waals surface area contributed by atoms with Crippen molar-refractivity contribution >= 4 is 17.6 Å². The molecular formula is C13H14N2O6. The molecule has 2 rings (SSSR count). The second-order valence-corrected chi connectivity index (χ2v) is 4.81. The van der Waals surface area contributed by atoms with Gasteiger partial charge in [-0.1, -0.05) is 6.07 Å². The highest BCUT2D eigenvalue weighted by atomic mass is 16.6. The number of carboxylic acids is 1. The van der Waals surface area contributed by atoms with Crippen molar-refractivity contribution in [1.29, 1.82) is 0 Å². The molecule has 8 heteroatoms. The van der Waals surface area contributed by atoms with Gasteiger partial charge in [-0.25, -0.2) is 4.79 Å². The number of amides is 1. The number of benzene rings is 1. The van der Waals surface area contributed by atoms with E-state index in [1.807, 2.05) is 0 Å². The number of nitrogens with one attached hydrogen (secondary N) is 1. The zero-order valence-electron chi connectivity index (χ0n) is 11.3. The van der Waals surface area contributed by atoms with Gasteiger partial charge in [-0.2, -0.15) is 0 Å². The predicted octanol–water partition coefficient (Wildman–Crippen LogP) is 1.34. The first-order valence-corrected chi connectivity index (χ1v) is 6.28. The summed E-state index contributed by atoms with van der Waals surface area (Å²) in [6, 6.07) is 3.98. The van der Waals surface area contributed by atoms with Gasteiger partial charge >= 0.3 is 5.97 Å². The first kappa shape index (κ1) is 14.8. The molecule has 1 saturated carbocycles. The van der Waals surface area contributed by atoms with Crippen molar-refractivity contribution in [1.82, 2.24) is 5.32 Å². The molecule has 0 heterocycles. The Kier molecular flexibility index (Phi) is 3.79. The highest BCUT2D eigenvalue weighted by molar-refractivity contribution is 6.03. The van der Waals surface area contributed by atoms with Crippen LogP contribution < -0.4 is 10.1 Å². The summed E-state index contributed by atoms with van der Waals surface area (Å²) in [5.74, 6) is -1.93. The highest BCUT2D eigenvalue weighted by Crippen LogP contribution is 2.34. The smallest absolute Gasteiger partial charge is 0.329 e. The molecule has 1 fully saturated rings. The van der Waals surface area contributed by atoms with Crippen LogP contribution in [0.1, 0.15) is 29.6 Å². The van der Waals surface area contributed by atoms with Gasteiger partial charge in [0.15, 0.2) is 5.56 Å². The zero-order valence-corrected chi connectivity index (χ0v) is 11.3. The van der Waals surface area contributed by atoms with Crippen LogP contribution in [0.2, 0.25) is 0 Å². The fraction of sp³-hybridized carbons (Fsp3) is 0.385. The molecule has 0 aliphatic heterocycles. The van der Waals surface area contributed by atoms with Crippen molar-refractivity contribution in [3.8, 4) is 5.75 Å². The number of aliphatic carboxylic acids is 1. The SMILES string of the molecule is COc1cccc([N+](=O)[O-])c1C(=O)NC1(C(=O)O)CCC1. The van der Waals surface area contributed by atoms with Crippen LogP contribution in [-0.2, 0) is 4.79 Å². The first-order valence-electron chi connectivity index (χ1n) is 6.28. The van der Waals surface area contributed by atoms with E-state index in [-0.39, 0.29) is 11.3 Å². The molecule has 0 saturated heterocycles. The van der Waals surface area contributed by atoms with E-state index in [1.54, 1.807) is 0 Å². The number of hydrogen-bond acceptors (Lipinski definition) is 5. The molecule has 0 atom stereocenters. The summed E-state index contributed by atoms with van der Waals surface area (Å²) < 4.78 is 4.97. The maximum Gasteiger partial charge on any atom is 0.329 e. The second kappa shape index (κ2) is 5.39. The van der Waals surface area contributed by atoms with E-state index in [9.17, 15) is 24.8 Å². The fourth-order valence-electron chi connectivity index (χ4n) is 2.27. The number of carbonyl (C=O) groups is 2. The van der Waals surface area contributed by atoms with Crippen LogP contribution in [0.15, 0.2) is 18.2 Å². The van der Waals surface area contributed by atoms with E-state index in [2.05, 4.69) is 5.32 Å². The molecular weight excluding hydrogens is 280 g/mol. The fourth-order valence-corrected chi connectivity index (χ4v) is 2.27. The summed E-state index contributed by atoms with van der Waals surface area (Å²) in [7, 11) is 1.28. The summed E-state index contributed by atoms with van der Waals surface area (Å²) in [5.41, 5.74) is -2.03. The second-order valence-electron chi connectivity index (χ2n) is 4.81. The molecule has 1 amide bonds. The minimum atomic E-state index is -1.34. The van der Waals surface area contributed by atoms with Gasteiger partial charge in [0.1, 0.15) is 11.3 Å². The lowest BCUT2D eigenvalue weighted by atomic mass is 9.76. The van der Waals surface area contributed by atoms with Crippen LogP contribution >= 0.6 is 0 Å². The van der Waals surface area contributed by atoms with Gasteiger partial charge < -0.3 is 15.2 Å². The molecule has 0 aromatic heterocycles. The Morgan fingerprint density at radius 2 is 2.10 bits per heavy atom. The number of nitro groups is 1. The number of methoxy groups -OCH3 is 1. The van der Waals surface area contributed by atoms with Crippen LogP contribution in [0.3, 0.4) is 0 Å². The Morgan fingerprint density at radius 3 is 2.52 bits per heavy atom. The number of ether oxygens (including phenoxy) is 1. The molecule has 2 N–H and O–H groups in total. The van der Waals surface area contributed by atoms with Crippen LogP contribution in [-0.4, -0.2) is 34.6 Å². The minimum absolute atomic E-state index is 0.0292. The van der Waals surface area contributed by atoms with Gasteiger partial charge in [0.2, 0.25) is 0 Å². The summed E-state index contributed by atoms with van der Waals surface area (Å²) in [6.45, 7) is 0. The molecule has 1 aliphatic carbocycles. The van der Waals surface area contributed by atoms with Gasteiger partial charge in [0.25, 0.3) is 11.6 Å². The normalized spacial score (nSPS) is 15.7. The number of nitrogens with zero attached hydrogens (tertiary/aromatic N) is 1. The van der Waals surface area contributed by atoms with E-state index in [0.29, 0.717) is 19.3 Å². The van der Waals surface area contributed by atoms with Crippen molar-refractivity contribution in [2.24, 2.45) is 0 Å². The van der Waals surface area contributed by atoms with Gasteiger partial charge in [0, 0.05) is 6.07 Å². The van der Waals surface area contributed by atoms with Gasteiger partial charge in [-0.3, -0.25) is 14.9 Å². The van der Waals surface area contributed by atoms with E-state index < -0.39 is 28.0 Å². The highest BCUT2D eigenvalue weighted by Gasteiger charge is 2.46. The maximum atomic E-state index is 12.3. The van der Waals surface area contributed by atoms with Crippen molar-refractivity contribution in [2.75, 3.05) is 7.11 Å². The predicted molar refractivity (Wildman–Crippen MR) is 71.3 cm³/mol. The third-order valence-corrected chi connectivity index (χ3v) is 3.62. The summed E-state index contributed by atoms with van der Waals surface area (Å²) in [5, 5.41) is 22.6. The topological polar surface area (TPSA) is 119 Å². The molecule has 8 nitrogen and oxygen atoms in total. The van der Waals surface area contributed by atoms with Gasteiger partial charge in [0.05, 0.1) is 12.0 Å². The molecule has 1 aromatic rings. The number of rotatable bonds is 5. The standard InChI is InChI=1S/C13H14N2O6/c1-21-9-5-2-4-8(15(19)20)10(9)11(16)14-13(12(17)18)6-3-7-13/h2,4-5H,3,6-7H2,1H3,(H,14,16)(H,17,18). The largest absolute Gasteiger partial charge is 0.496 e. The molecule has 21 heavy (non-hydrogen) atoms. The van der Waals surface area contributed by atoms with E-state index in [1.165, 1.54) is 25.3 Å². The number of nitro benzene ring substituents is 1. The van der Waals surface area contributed by atoms with Gasteiger partial charge in [-0.05, 0) is 25.3 Å². The lowest BCUT2D eigenvalue weighted by Gasteiger charge is -2.38. The average Bonchev–Trinajstić information content (AvgIpc) is 2.41.